The molecule has 0 aromatic carbocycles. The van der Waals surface area contributed by atoms with Crippen LogP contribution in [0.3, 0.4) is 0 Å². The molecule has 6 heteroatoms. The summed E-state index contributed by atoms with van der Waals surface area (Å²) < 4.78 is 4.87. The normalized spacial score (nSPS) is 17.6. The predicted octanol–water partition coefficient (Wildman–Crippen LogP) is 2.44. The van der Waals surface area contributed by atoms with Gasteiger partial charge in [0.05, 0.1) is 7.11 Å². The van der Waals surface area contributed by atoms with E-state index >= 15 is 0 Å². The van der Waals surface area contributed by atoms with Crippen LogP contribution in [0.15, 0.2) is 20.7 Å². The minimum Gasteiger partial charge on any atom is -0.491 e. The second-order valence-corrected chi connectivity index (χ2v) is 4.61. The number of carbonyl (C=O) groups excluding carboxylic acids is 2. The lowest BCUT2D eigenvalue weighted by Gasteiger charge is -2.16. The lowest BCUT2D eigenvalue weighted by atomic mass is 10.1. The summed E-state index contributed by atoms with van der Waals surface area (Å²) in [6, 6.07) is 0. The molecule has 0 spiro atoms. The van der Waals surface area contributed by atoms with E-state index in [1.807, 2.05) is 6.92 Å². The number of hydrogen-bond donors (Lipinski definition) is 0. The average molecular weight is 267 g/mol. The van der Waals surface area contributed by atoms with Crippen LogP contribution in [0.25, 0.3) is 0 Å². The van der Waals surface area contributed by atoms with Crippen LogP contribution >= 0.6 is 35.0 Å². The van der Waals surface area contributed by atoms with Crippen molar-refractivity contribution in [2.24, 2.45) is 0 Å². The van der Waals surface area contributed by atoms with Crippen molar-refractivity contribution in [3.05, 3.63) is 20.7 Å². The van der Waals surface area contributed by atoms with Gasteiger partial charge in [-0.3, -0.25) is 9.59 Å². The minimum absolute atomic E-state index is 0.0266. The smallest absolute Gasteiger partial charge is 0.241 e. The van der Waals surface area contributed by atoms with E-state index in [-0.39, 0.29) is 20.7 Å². The molecule has 0 unspecified atom stereocenters. The summed E-state index contributed by atoms with van der Waals surface area (Å²) in [5, 5.41) is -0.516. The van der Waals surface area contributed by atoms with Crippen molar-refractivity contribution in [3.8, 4) is 0 Å². The highest BCUT2D eigenvalue weighted by molar-refractivity contribution is 8.04. The first-order chi connectivity index (χ1) is 7.04. The molecule has 0 radical (unpaired) electrons. The van der Waals surface area contributed by atoms with Crippen LogP contribution in [0, 0.1) is 0 Å². The van der Waals surface area contributed by atoms with E-state index in [2.05, 4.69) is 0 Å². The Morgan fingerprint density at radius 1 is 1.20 bits per heavy atom. The number of ether oxygens (including phenoxy) is 1. The lowest BCUT2D eigenvalue weighted by Crippen LogP contribution is -2.20. The first-order valence-electron chi connectivity index (χ1n) is 4.10. The Bertz CT molecular complexity index is 385. The summed E-state index contributed by atoms with van der Waals surface area (Å²) in [4.78, 5) is 23.5. The lowest BCUT2D eigenvalue weighted by molar-refractivity contribution is -0.117. The molecule has 0 heterocycles. The van der Waals surface area contributed by atoms with Gasteiger partial charge in [0.25, 0.3) is 0 Å². The van der Waals surface area contributed by atoms with Crippen molar-refractivity contribution >= 4 is 46.5 Å². The molecule has 0 aliphatic heterocycles. The number of Topliss-reactive ketones (excluding diaryl/α,β-unsaturated/α-hetero) is 2. The van der Waals surface area contributed by atoms with Crippen LogP contribution in [0.5, 0.6) is 0 Å². The second kappa shape index (κ2) is 5.05. The molecule has 0 saturated heterocycles. The van der Waals surface area contributed by atoms with E-state index in [4.69, 9.17) is 27.9 Å². The molecule has 0 amide bonds. The van der Waals surface area contributed by atoms with Gasteiger partial charge in [0, 0.05) is 0 Å². The number of allylic oxidation sites excluding steroid dienone is 3. The van der Waals surface area contributed by atoms with Crippen molar-refractivity contribution in [2.75, 3.05) is 12.9 Å². The van der Waals surface area contributed by atoms with E-state index in [1.165, 1.54) is 18.9 Å². The van der Waals surface area contributed by atoms with Crippen molar-refractivity contribution in [1.29, 1.82) is 0 Å². The van der Waals surface area contributed by atoms with Gasteiger partial charge >= 0.3 is 0 Å². The van der Waals surface area contributed by atoms with Crippen LogP contribution in [0.1, 0.15) is 6.92 Å². The third-order valence-electron chi connectivity index (χ3n) is 1.70. The number of hydrogen-bond acceptors (Lipinski definition) is 4. The molecule has 82 valence electrons. The summed E-state index contributed by atoms with van der Waals surface area (Å²) in [5.41, 5.74) is 0. The van der Waals surface area contributed by atoms with Crippen LogP contribution in [0.2, 0.25) is 0 Å². The van der Waals surface area contributed by atoms with Crippen LogP contribution in [-0.4, -0.2) is 24.4 Å². The van der Waals surface area contributed by atoms with Crippen LogP contribution in [0.4, 0.5) is 0 Å². The van der Waals surface area contributed by atoms with Crippen molar-refractivity contribution in [2.45, 2.75) is 6.92 Å². The molecule has 0 saturated carbocycles. The maximum atomic E-state index is 11.7. The van der Waals surface area contributed by atoms with Crippen molar-refractivity contribution in [1.82, 2.24) is 0 Å². The Balaban J connectivity index is 3.24. The number of methoxy groups -OCH3 is 1. The number of carbonyl (C=O) groups is 2. The molecule has 0 atom stereocenters. The summed E-state index contributed by atoms with van der Waals surface area (Å²) in [7, 11) is 1.32. The van der Waals surface area contributed by atoms with Gasteiger partial charge in [-0.2, -0.15) is 0 Å². The molecule has 15 heavy (non-hydrogen) atoms. The molecular formula is C9H8Cl2O3S. The highest BCUT2D eigenvalue weighted by Crippen LogP contribution is 2.34. The Morgan fingerprint density at radius 2 is 1.73 bits per heavy atom. The predicted molar refractivity (Wildman–Crippen MR) is 60.9 cm³/mol. The molecule has 0 aromatic rings. The van der Waals surface area contributed by atoms with Gasteiger partial charge < -0.3 is 4.74 Å². The van der Waals surface area contributed by atoms with E-state index in [9.17, 15) is 9.59 Å². The van der Waals surface area contributed by atoms with E-state index in [0.717, 1.165) is 0 Å². The molecule has 1 aliphatic rings. The number of rotatable bonds is 3. The Kier molecular flexibility index (Phi) is 4.25. The van der Waals surface area contributed by atoms with Crippen LogP contribution < -0.4 is 0 Å². The first kappa shape index (κ1) is 12.6. The molecule has 0 N–H and O–H groups in total. The third-order valence-corrected chi connectivity index (χ3v) is 3.47. The molecule has 0 bridgehead atoms. The number of halogens is 2. The van der Waals surface area contributed by atoms with Gasteiger partial charge in [-0.15, -0.1) is 11.8 Å². The van der Waals surface area contributed by atoms with E-state index < -0.39 is 11.6 Å². The maximum Gasteiger partial charge on any atom is 0.241 e. The average Bonchev–Trinajstić information content (AvgIpc) is 2.24. The third kappa shape index (κ3) is 2.22. The topological polar surface area (TPSA) is 43.4 Å². The minimum atomic E-state index is -0.542. The number of thioether (sulfide) groups is 1. The van der Waals surface area contributed by atoms with Gasteiger partial charge in [0.1, 0.15) is 15.0 Å². The Morgan fingerprint density at radius 3 is 2.20 bits per heavy atom. The zero-order valence-corrected chi connectivity index (χ0v) is 10.4. The Labute approximate surface area is 101 Å². The highest BCUT2D eigenvalue weighted by Gasteiger charge is 2.34. The molecular weight excluding hydrogens is 259 g/mol. The fourth-order valence-corrected chi connectivity index (χ4v) is 2.30. The zero-order valence-electron chi connectivity index (χ0n) is 8.10. The molecule has 0 fully saturated rings. The first-order valence-corrected chi connectivity index (χ1v) is 5.84. The monoisotopic (exact) mass is 266 g/mol. The fraction of sp³-hybridized carbons (Fsp3) is 0.333. The Hall–Kier alpha value is -0.450. The number of ketones is 2. The fourth-order valence-electron chi connectivity index (χ4n) is 1.07. The SMILES string of the molecule is CCSC1=C(OC)C(=O)C(Cl)=C(Cl)C1=O. The second-order valence-electron chi connectivity index (χ2n) is 2.58. The standard InChI is InChI=1S/C9H8Cl2O3S/c1-3-15-9-7(13)5(11)4(10)6(12)8(9)14-2/h3H2,1-2H3. The van der Waals surface area contributed by atoms with E-state index in [0.29, 0.717) is 5.75 Å². The molecule has 3 nitrogen and oxygen atoms in total. The van der Waals surface area contributed by atoms with Gasteiger partial charge in [-0.1, -0.05) is 30.1 Å². The molecule has 1 rings (SSSR count). The quantitative estimate of drug-likeness (QED) is 0.736. The van der Waals surface area contributed by atoms with Crippen LogP contribution in [-0.2, 0) is 14.3 Å². The van der Waals surface area contributed by atoms with Gasteiger partial charge in [-0.25, -0.2) is 0 Å². The largest absolute Gasteiger partial charge is 0.491 e. The van der Waals surface area contributed by atoms with Gasteiger partial charge in [0.15, 0.2) is 5.76 Å². The summed E-state index contributed by atoms with van der Waals surface area (Å²) in [6.07, 6.45) is 0. The van der Waals surface area contributed by atoms with E-state index in [1.54, 1.807) is 0 Å². The van der Waals surface area contributed by atoms with Gasteiger partial charge in [-0.05, 0) is 5.75 Å². The summed E-state index contributed by atoms with van der Waals surface area (Å²) >= 11 is 12.5. The highest BCUT2D eigenvalue weighted by atomic mass is 35.5. The van der Waals surface area contributed by atoms with Crippen molar-refractivity contribution in [3.63, 3.8) is 0 Å². The van der Waals surface area contributed by atoms with Crippen molar-refractivity contribution < 1.29 is 14.3 Å². The zero-order chi connectivity index (χ0) is 11.6. The molecule has 1 aliphatic carbocycles. The summed E-state index contributed by atoms with van der Waals surface area (Å²) in [5.74, 6) is -0.380. The summed E-state index contributed by atoms with van der Waals surface area (Å²) in [6.45, 7) is 1.86. The van der Waals surface area contributed by atoms with Gasteiger partial charge in [0.2, 0.25) is 11.6 Å². The maximum absolute atomic E-state index is 11.7. The molecule has 0 aromatic heterocycles.